The van der Waals surface area contributed by atoms with Crippen LogP contribution in [-0.4, -0.2) is 24.6 Å². The molecule has 0 aromatic heterocycles. The summed E-state index contributed by atoms with van der Waals surface area (Å²) in [7, 11) is 0. The van der Waals surface area contributed by atoms with Gasteiger partial charge in [0.1, 0.15) is 5.82 Å². The number of nitrogens with one attached hydrogen (secondary N) is 2. The maximum Gasteiger partial charge on any atom is 0.259 e. The molecule has 0 aliphatic rings. The van der Waals surface area contributed by atoms with Crippen molar-refractivity contribution in [1.82, 2.24) is 10.7 Å². The van der Waals surface area contributed by atoms with E-state index >= 15 is 0 Å². The second-order valence-corrected chi connectivity index (χ2v) is 5.55. The Labute approximate surface area is 149 Å². The van der Waals surface area contributed by atoms with Crippen molar-refractivity contribution >= 4 is 28.8 Å². The molecule has 0 aliphatic heterocycles. The normalized spacial score (nSPS) is 10.8. The van der Waals surface area contributed by atoms with Crippen LogP contribution in [0, 0.1) is 5.82 Å². The van der Waals surface area contributed by atoms with Gasteiger partial charge in [-0.15, -0.1) is 0 Å². The summed E-state index contributed by atoms with van der Waals surface area (Å²) in [5.74, 6) is -1.14. The van der Waals surface area contributed by atoms with Gasteiger partial charge in [0.2, 0.25) is 0 Å². The molecule has 3 aromatic carbocycles. The minimum absolute atomic E-state index is 0.206. The average Bonchev–Trinajstić information content (AvgIpc) is 2.67. The molecule has 26 heavy (non-hydrogen) atoms. The maximum absolute atomic E-state index is 12.8. The number of hydrogen-bond acceptors (Lipinski definition) is 3. The van der Waals surface area contributed by atoms with Gasteiger partial charge in [-0.25, -0.2) is 9.82 Å². The van der Waals surface area contributed by atoms with Crippen molar-refractivity contribution in [2.75, 3.05) is 6.54 Å². The van der Waals surface area contributed by atoms with Crippen molar-refractivity contribution in [3.05, 3.63) is 83.7 Å². The van der Waals surface area contributed by atoms with Gasteiger partial charge < -0.3 is 5.32 Å². The van der Waals surface area contributed by atoms with Crippen molar-refractivity contribution < 1.29 is 14.0 Å². The summed E-state index contributed by atoms with van der Waals surface area (Å²) in [6.07, 6.45) is 1.39. The molecule has 0 bridgehead atoms. The Bertz CT molecular complexity index is 963. The van der Waals surface area contributed by atoms with E-state index in [1.165, 1.54) is 30.5 Å². The maximum atomic E-state index is 12.8. The number of carbonyl (C=O) groups is 2. The van der Waals surface area contributed by atoms with Crippen LogP contribution in [0.3, 0.4) is 0 Å². The number of benzene rings is 3. The summed E-state index contributed by atoms with van der Waals surface area (Å²) in [5.41, 5.74) is 3.46. The van der Waals surface area contributed by atoms with E-state index in [9.17, 15) is 14.0 Å². The number of hydrazone groups is 1. The van der Waals surface area contributed by atoms with E-state index in [1.54, 1.807) is 12.1 Å². The number of rotatable bonds is 5. The Hall–Kier alpha value is -3.54. The number of carbonyl (C=O) groups excluding carboxylic acids is 2. The lowest BCUT2D eigenvalue weighted by Crippen LogP contribution is -2.35. The van der Waals surface area contributed by atoms with Gasteiger partial charge in [0, 0.05) is 5.56 Å². The molecule has 0 atom stereocenters. The summed E-state index contributed by atoms with van der Waals surface area (Å²) >= 11 is 0. The molecule has 0 fully saturated rings. The zero-order valence-corrected chi connectivity index (χ0v) is 13.8. The van der Waals surface area contributed by atoms with E-state index in [4.69, 9.17) is 0 Å². The summed E-state index contributed by atoms with van der Waals surface area (Å²) in [6.45, 7) is -0.206. The number of fused-ring (bicyclic) bond motifs is 1. The second-order valence-electron chi connectivity index (χ2n) is 5.55. The standard InChI is InChI=1S/C20H16FN3O2/c21-16-10-8-14(9-11-16)12-23-24-19(25)13-22-20(26)18-7-3-5-15-4-1-2-6-17(15)18/h1-12H,13H2,(H,22,26)(H,24,25). The van der Waals surface area contributed by atoms with Crippen molar-refractivity contribution in [2.45, 2.75) is 0 Å². The monoisotopic (exact) mass is 349 g/mol. The predicted octanol–water partition coefficient (Wildman–Crippen LogP) is 2.86. The largest absolute Gasteiger partial charge is 0.343 e. The molecule has 6 heteroatoms. The number of halogens is 1. The van der Waals surface area contributed by atoms with Gasteiger partial charge in [-0.3, -0.25) is 9.59 Å². The fourth-order valence-electron chi connectivity index (χ4n) is 2.45. The van der Waals surface area contributed by atoms with Crippen LogP contribution < -0.4 is 10.7 Å². The fraction of sp³-hybridized carbons (Fsp3) is 0.0500. The van der Waals surface area contributed by atoms with E-state index in [2.05, 4.69) is 15.8 Å². The second kappa shape index (κ2) is 8.02. The SMILES string of the molecule is O=C(CNC(=O)c1cccc2ccccc12)NN=Cc1ccc(F)cc1. The molecule has 0 saturated carbocycles. The molecule has 5 nitrogen and oxygen atoms in total. The Morgan fingerprint density at radius 2 is 1.69 bits per heavy atom. The van der Waals surface area contributed by atoms with Crippen LogP contribution in [0.5, 0.6) is 0 Å². The summed E-state index contributed by atoms with van der Waals surface area (Å²) in [4.78, 5) is 24.1. The van der Waals surface area contributed by atoms with Gasteiger partial charge >= 0.3 is 0 Å². The zero-order chi connectivity index (χ0) is 18.4. The molecule has 0 saturated heterocycles. The van der Waals surface area contributed by atoms with Gasteiger partial charge in [0.15, 0.2) is 0 Å². The minimum atomic E-state index is -0.461. The van der Waals surface area contributed by atoms with Crippen molar-refractivity contribution in [3.8, 4) is 0 Å². The zero-order valence-electron chi connectivity index (χ0n) is 13.8. The van der Waals surface area contributed by atoms with Crippen LogP contribution in [0.1, 0.15) is 15.9 Å². The first-order chi connectivity index (χ1) is 12.6. The Morgan fingerprint density at radius 1 is 0.962 bits per heavy atom. The number of hydrogen-bond donors (Lipinski definition) is 2. The lowest BCUT2D eigenvalue weighted by molar-refractivity contribution is -0.120. The Balaban J connectivity index is 1.55. The third-order valence-electron chi connectivity index (χ3n) is 3.72. The topological polar surface area (TPSA) is 70.6 Å². The summed E-state index contributed by atoms with van der Waals surface area (Å²) < 4.78 is 12.8. The molecule has 0 radical (unpaired) electrons. The molecule has 0 heterocycles. The minimum Gasteiger partial charge on any atom is -0.343 e. The van der Waals surface area contributed by atoms with Gasteiger partial charge in [-0.2, -0.15) is 5.10 Å². The number of nitrogens with zero attached hydrogens (tertiary/aromatic N) is 1. The smallest absolute Gasteiger partial charge is 0.259 e. The van der Waals surface area contributed by atoms with Crippen LogP contribution in [0.2, 0.25) is 0 Å². The van der Waals surface area contributed by atoms with Gasteiger partial charge in [0.25, 0.3) is 11.8 Å². The van der Waals surface area contributed by atoms with Crippen LogP contribution in [0.15, 0.2) is 71.8 Å². The van der Waals surface area contributed by atoms with E-state index in [1.807, 2.05) is 30.3 Å². The quantitative estimate of drug-likeness (QED) is 0.549. The van der Waals surface area contributed by atoms with Crippen molar-refractivity contribution in [2.24, 2.45) is 5.10 Å². The molecular weight excluding hydrogens is 333 g/mol. The molecule has 0 spiro atoms. The highest BCUT2D eigenvalue weighted by Crippen LogP contribution is 2.18. The van der Waals surface area contributed by atoms with E-state index < -0.39 is 5.91 Å². The molecule has 2 amide bonds. The molecule has 3 aromatic rings. The molecule has 130 valence electrons. The average molecular weight is 349 g/mol. The first-order valence-electron chi connectivity index (χ1n) is 7.97. The van der Waals surface area contributed by atoms with E-state index in [0.717, 1.165) is 10.8 Å². The third-order valence-corrected chi connectivity index (χ3v) is 3.72. The summed E-state index contributed by atoms with van der Waals surface area (Å²) in [5, 5.41) is 8.12. The first kappa shape index (κ1) is 17.3. The molecular formula is C20H16FN3O2. The van der Waals surface area contributed by atoms with Crippen LogP contribution in [0.25, 0.3) is 10.8 Å². The number of amides is 2. The molecule has 2 N–H and O–H groups in total. The molecule has 0 unspecified atom stereocenters. The first-order valence-corrected chi connectivity index (χ1v) is 7.97. The third kappa shape index (κ3) is 4.30. The van der Waals surface area contributed by atoms with Crippen molar-refractivity contribution in [1.29, 1.82) is 0 Å². The Morgan fingerprint density at radius 3 is 2.50 bits per heavy atom. The highest BCUT2D eigenvalue weighted by molar-refractivity contribution is 6.07. The van der Waals surface area contributed by atoms with Gasteiger partial charge in [-0.1, -0.05) is 48.5 Å². The van der Waals surface area contributed by atoms with Gasteiger partial charge in [0.05, 0.1) is 12.8 Å². The van der Waals surface area contributed by atoms with E-state index in [0.29, 0.717) is 11.1 Å². The summed E-state index contributed by atoms with van der Waals surface area (Å²) in [6, 6.07) is 18.6. The highest BCUT2D eigenvalue weighted by atomic mass is 19.1. The lowest BCUT2D eigenvalue weighted by atomic mass is 10.0. The van der Waals surface area contributed by atoms with Crippen molar-refractivity contribution in [3.63, 3.8) is 0 Å². The molecule has 3 rings (SSSR count). The predicted molar refractivity (Wildman–Crippen MR) is 98.4 cm³/mol. The van der Waals surface area contributed by atoms with Crippen LogP contribution in [0.4, 0.5) is 4.39 Å². The van der Waals surface area contributed by atoms with Crippen LogP contribution >= 0.6 is 0 Å². The Kier molecular flexibility index (Phi) is 5.34. The lowest BCUT2D eigenvalue weighted by Gasteiger charge is -2.07. The van der Waals surface area contributed by atoms with Gasteiger partial charge in [-0.05, 0) is 34.5 Å². The van der Waals surface area contributed by atoms with Crippen LogP contribution in [-0.2, 0) is 4.79 Å². The molecule has 0 aliphatic carbocycles. The van der Waals surface area contributed by atoms with E-state index in [-0.39, 0.29) is 18.3 Å². The fourth-order valence-corrected chi connectivity index (χ4v) is 2.45. The highest BCUT2D eigenvalue weighted by Gasteiger charge is 2.10.